The van der Waals surface area contributed by atoms with Gasteiger partial charge in [-0.1, -0.05) is 36.4 Å². The third kappa shape index (κ3) is 2.91. The lowest BCUT2D eigenvalue weighted by Crippen LogP contribution is -2.19. The van der Waals surface area contributed by atoms with E-state index in [0.717, 1.165) is 16.8 Å². The van der Waals surface area contributed by atoms with Crippen molar-refractivity contribution in [3.8, 4) is 11.4 Å². The van der Waals surface area contributed by atoms with Crippen molar-refractivity contribution in [2.75, 3.05) is 0 Å². The first-order chi connectivity index (χ1) is 13.1. The molecule has 0 saturated carbocycles. The predicted molar refractivity (Wildman–Crippen MR) is 106 cm³/mol. The molecule has 0 aliphatic heterocycles. The minimum atomic E-state index is -0.193. The Balaban J connectivity index is 1.77. The molecule has 4 rings (SSSR count). The van der Waals surface area contributed by atoms with Crippen LogP contribution in [0.4, 0.5) is 5.69 Å². The number of rotatable bonds is 3. The maximum atomic E-state index is 12.9. The van der Waals surface area contributed by atoms with Gasteiger partial charge in [0, 0.05) is 12.4 Å². The smallest absolute Gasteiger partial charge is 0.297 e. The SMILES string of the molecule is Cc1c(N=Cc2ccc3cccc(O)c3n2)c(=O)n(-c2ccccc2)n1C. The first kappa shape index (κ1) is 16.8. The Morgan fingerprint density at radius 3 is 2.59 bits per heavy atom. The topological polar surface area (TPSA) is 72.4 Å². The molecule has 0 fully saturated rings. The van der Waals surface area contributed by atoms with Crippen LogP contribution in [0, 0.1) is 6.92 Å². The summed E-state index contributed by atoms with van der Waals surface area (Å²) < 4.78 is 3.37. The largest absolute Gasteiger partial charge is 0.506 e. The molecule has 0 unspecified atom stereocenters. The molecule has 2 heterocycles. The van der Waals surface area contributed by atoms with Crippen LogP contribution >= 0.6 is 0 Å². The summed E-state index contributed by atoms with van der Waals surface area (Å²) in [5.74, 6) is 0.116. The Labute approximate surface area is 155 Å². The minimum Gasteiger partial charge on any atom is -0.506 e. The molecule has 0 atom stereocenters. The maximum absolute atomic E-state index is 12.9. The fourth-order valence-corrected chi connectivity index (χ4v) is 3.05. The normalized spacial score (nSPS) is 11.5. The van der Waals surface area contributed by atoms with Crippen molar-refractivity contribution >= 4 is 22.8 Å². The van der Waals surface area contributed by atoms with E-state index < -0.39 is 0 Å². The number of para-hydroxylation sites is 2. The van der Waals surface area contributed by atoms with Crippen molar-refractivity contribution in [3.63, 3.8) is 0 Å². The van der Waals surface area contributed by atoms with Crippen molar-refractivity contribution in [1.29, 1.82) is 0 Å². The zero-order valence-corrected chi connectivity index (χ0v) is 15.0. The van der Waals surface area contributed by atoms with E-state index in [4.69, 9.17) is 0 Å². The van der Waals surface area contributed by atoms with Crippen molar-refractivity contribution in [2.45, 2.75) is 6.92 Å². The molecular formula is C21H18N4O2. The average molecular weight is 358 g/mol. The molecule has 0 aliphatic rings. The number of aliphatic imine (C=N–C) groups is 1. The van der Waals surface area contributed by atoms with Gasteiger partial charge >= 0.3 is 0 Å². The Bertz CT molecular complexity index is 1220. The molecular weight excluding hydrogens is 340 g/mol. The summed E-state index contributed by atoms with van der Waals surface area (Å²) in [4.78, 5) is 21.7. The summed E-state index contributed by atoms with van der Waals surface area (Å²) in [6, 6.07) is 18.3. The van der Waals surface area contributed by atoms with Crippen LogP contribution in [-0.4, -0.2) is 25.7 Å². The van der Waals surface area contributed by atoms with E-state index in [1.54, 1.807) is 33.8 Å². The lowest BCUT2D eigenvalue weighted by molar-refractivity contribution is 0.480. The standard InChI is InChI=1S/C21H18N4O2/c1-14-19(21(27)25(24(14)2)17-8-4-3-5-9-17)22-13-16-12-11-15-7-6-10-18(26)20(15)23-16/h3-13,26H,1-2H3. The van der Waals surface area contributed by atoms with Crippen LogP contribution in [0.25, 0.3) is 16.6 Å². The van der Waals surface area contributed by atoms with Gasteiger partial charge in [0.25, 0.3) is 5.56 Å². The van der Waals surface area contributed by atoms with E-state index in [-0.39, 0.29) is 11.3 Å². The molecule has 0 bridgehead atoms. The molecule has 0 radical (unpaired) electrons. The highest BCUT2D eigenvalue weighted by atomic mass is 16.3. The van der Waals surface area contributed by atoms with Gasteiger partial charge < -0.3 is 5.11 Å². The highest BCUT2D eigenvalue weighted by molar-refractivity contribution is 5.89. The quantitative estimate of drug-likeness (QED) is 0.570. The number of aromatic nitrogens is 3. The molecule has 0 aliphatic carbocycles. The van der Waals surface area contributed by atoms with Crippen LogP contribution in [0.3, 0.4) is 0 Å². The summed E-state index contributed by atoms with van der Waals surface area (Å²) in [5, 5.41) is 10.8. The van der Waals surface area contributed by atoms with Crippen molar-refractivity contribution in [1.82, 2.24) is 14.3 Å². The van der Waals surface area contributed by atoms with Crippen LogP contribution in [-0.2, 0) is 7.05 Å². The van der Waals surface area contributed by atoms with Gasteiger partial charge in [-0.3, -0.25) is 9.48 Å². The van der Waals surface area contributed by atoms with Crippen molar-refractivity contribution in [2.24, 2.45) is 12.0 Å². The molecule has 2 aromatic heterocycles. The number of hydrogen-bond acceptors (Lipinski definition) is 4. The number of aromatic hydroxyl groups is 1. The zero-order chi connectivity index (χ0) is 19.0. The monoisotopic (exact) mass is 358 g/mol. The Hall–Kier alpha value is -3.67. The van der Waals surface area contributed by atoms with E-state index in [0.29, 0.717) is 16.9 Å². The van der Waals surface area contributed by atoms with E-state index >= 15 is 0 Å². The van der Waals surface area contributed by atoms with Gasteiger partial charge in [-0.2, -0.15) is 0 Å². The number of pyridine rings is 1. The number of phenols is 1. The maximum Gasteiger partial charge on any atom is 0.297 e. The first-order valence-corrected chi connectivity index (χ1v) is 8.53. The van der Waals surface area contributed by atoms with Crippen LogP contribution in [0.5, 0.6) is 5.75 Å². The summed E-state index contributed by atoms with van der Waals surface area (Å²) in [5.41, 5.74) is 2.78. The third-order valence-electron chi connectivity index (χ3n) is 4.57. The molecule has 27 heavy (non-hydrogen) atoms. The highest BCUT2D eigenvalue weighted by Crippen LogP contribution is 2.22. The lowest BCUT2D eigenvalue weighted by atomic mass is 10.2. The molecule has 1 N–H and O–H groups in total. The fourth-order valence-electron chi connectivity index (χ4n) is 3.05. The minimum absolute atomic E-state index is 0.116. The van der Waals surface area contributed by atoms with E-state index in [9.17, 15) is 9.90 Å². The first-order valence-electron chi connectivity index (χ1n) is 8.53. The average Bonchev–Trinajstić information content (AvgIpc) is 2.90. The summed E-state index contributed by atoms with van der Waals surface area (Å²) in [6.07, 6.45) is 1.55. The van der Waals surface area contributed by atoms with Gasteiger partial charge in [0.05, 0.1) is 23.3 Å². The molecule has 134 valence electrons. The molecule has 6 heteroatoms. The van der Waals surface area contributed by atoms with Crippen molar-refractivity contribution < 1.29 is 5.11 Å². The Morgan fingerprint density at radius 2 is 1.81 bits per heavy atom. The highest BCUT2D eigenvalue weighted by Gasteiger charge is 2.15. The number of fused-ring (bicyclic) bond motifs is 1. The summed E-state index contributed by atoms with van der Waals surface area (Å²) >= 11 is 0. The summed E-state index contributed by atoms with van der Waals surface area (Å²) in [6.45, 7) is 1.85. The Kier molecular flexibility index (Phi) is 4.08. The van der Waals surface area contributed by atoms with Gasteiger partial charge in [-0.05, 0) is 31.2 Å². The third-order valence-corrected chi connectivity index (χ3v) is 4.57. The Morgan fingerprint density at radius 1 is 1.04 bits per heavy atom. The number of phenolic OH excluding ortho intramolecular Hbond substituents is 1. The van der Waals surface area contributed by atoms with Crippen molar-refractivity contribution in [3.05, 3.63) is 82.4 Å². The number of nitrogens with zero attached hydrogens (tertiary/aromatic N) is 4. The van der Waals surface area contributed by atoms with Crippen LogP contribution in [0.2, 0.25) is 0 Å². The second-order valence-electron chi connectivity index (χ2n) is 6.25. The molecule has 0 spiro atoms. The second-order valence-corrected chi connectivity index (χ2v) is 6.25. The van der Waals surface area contributed by atoms with Crippen LogP contribution < -0.4 is 5.56 Å². The molecule has 4 aromatic rings. The van der Waals surface area contributed by atoms with Gasteiger partial charge in [0.1, 0.15) is 11.3 Å². The van der Waals surface area contributed by atoms with Crippen LogP contribution in [0.1, 0.15) is 11.4 Å². The number of benzene rings is 2. The van der Waals surface area contributed by atoms with E-state index in [2.05, 4.69) is 9.98 Å². The van der Waals surface area contributed by atoms with Gasteiger partial charge in [-0.25, -0.2) is 14.7 Å². The van der Waals surface area contributed by atoms with Gasteiger partial charge in [0.2, 0.25) is 0 Å². The van der Waals surface area contributed by atoms with Gasteiger partial charge in [-0.15, -0.1) is 0 Å². The second kappa shape index (κ2) is 6.57. The molecule has 0 amide bonds. The molecule has 6 nitrogen and oxygen atoms in total. The fraction of sp³-hybridized carbons (Fsp3) is 0.0952. The van der Waals surface area contributed by atoms with Gasteiger partial charge in [0.15, 0.2) is 5.69 Å². The zero-order valence-electron chi connectivity index (χ0n) is 15.0. The molecule has 2 aromatic carbocycles. The lowest BCUT2D eigenvalue weighted by Gasteiger charge is -2.07. The van der Waals surface area contributed by atoms with E-state index in [1.807, 2.05) is 56.4 Å². The summed E-state index contributed by atoms with van der Waals surface area (Å²) in [7, 11) is 1.83. The van der Waals surface area contributed by atoms with E-state index in [1.165, 1.54) is 0 Å². The predicted octanol–water partition coefficient (Wildman–Crippen LogP) is 3.49. The molecule has 0 saturated heterocycles. The van der Waals surface area contributed by atoms with Crippen LogP contribution in [0.15, 0.2) is 70.5 Å². The number of hydrogen-bond donors (Lipinski definition) is 1.